The maximum absolute atomic E-state index is 10.9. The van der Waals surface area contributed by atoms with E-state index in [2.05, 4.69) is 15.3 Å². The minimum atomic E-state index is -0.154. The summed E-state index contributed by atoms with van der Waals surface area (Å²) in [4.78, 5) is 18.7. The van der Waals surface area contributed by atoms with Gasteiger partial charge in [-0.1, -0.05) is 0 Å². The van der Waals surface area contributed by atoms with Crippen LogP contribution in [0.25, 0.3) is 0 Å². The number of aliphatic imine (C=N–C) groups is 2. The maximum Gasteiger partial charge on any atom is 0.271 e. The molecule has 0 fully saturated rings. The first-order valence-corrected chi connectivity index (χ1v) is 3.03. The van der Waals surface area contributed by atoms with E-state index in [9.17, 15) is 4.79 Å². The number of hydrogen-bond donors (Lipinski definition) is 1. The number of hydrogen-bond acceptors (Lipinski definition) is 3. The van der Waals surface area contributed by atoms with Gasteiger partial charge < -0.3 is 5.32 Å². The van der Waals surface area contributed by atoms with E-state index in [4.69, 9.17) is 0 Å². The summed E-state index contributed by atoms with van der Waals surface area (Å²) in [5, 5.41) is 2.49. The van der Waals surface area contributed by atoms with Gasteiger partial charge in [0.05, 0.1) is 5.71 Å². The number of nitrogens with zero attached hydrogens (tertiary/aromatic N) is 2. The molecule has 56 valence electrons. The van der Waals surface area contributed by atoms with Gasteiger partial charge in [-0.05, 0) is 6.92 Å². The van der Waals surface area contributed by atoms with E-state index in [0.29, 0.717) is 12.4 Å². The van der Waals surface area contributed by atoms with Gasteiger partial charge in [0.2, 0.25) is 0 Å². The fraction of sp³-hybridized carbons (Fsp3) is 0.500. The second kappa shape index (κ2) is 2.60. The molecule has 0 atom stereocenters. The summed E-state index contributed by atoms with van der Waals surface area (Å²) in [6, 6.07) is 0. The van der Waals surface area contributed by atoms with Gasteiger partial charge in [-0.25, -0.2) is 0 Å². The van der Waals surface area contributed by atoms with Crippen LogP contribution in [0.3, 0.4) is 0 Å². The van der Waals surface area contributed by atoms with E-state index in [-0.39, 0.29) is 7.33 Å². The fourth-order valence-electron chi connectivity index (χ4n) is 0.756. The van der Waals surface area contributed by atoms with Crippen LogP contribution in [0.5, 0.6) is 0 Å². The average molecular weight is 141 g/mol. The number of nitrogens with one attached hydrogen (secondary N) is 1. The third-order valence-corrected chi connectivity index (χ3v) is 1.32. The highest BCUT2D eigenvalue weighted by molar-refractivity contribution is 6.67. The number of rotatable bonds is 1. The summed E-state index contributed by atoms with van der Waals surface area (Å²) in [7, 11) is 1.58. The third kappa shape index (κ3) is 1.05. The van der Waals surface area contributed by atoms with E-state index < -0.39 is 0 Å². The monoisotopic (exact) mass is 141 g/mol. The molecule has 4 heteroatoms. The molecular weight excluding hydrogens is 130 g/mol. The van der Waals surface area contributed by atoms with E-state index >= 15 is 0 Å². The predicted molar refractivity (Wildman–Crippen MR) is 41.6 cm³/mol. The fourth-order valence-corrected chi connectivity index (χ4v) is 0.756. The Kier molecular flexibility index (Phi) is 1.80. The molecule has 0 bridgehead atoms. The molecule has 4 nitrogen and oxygen atoms in total. The first-order chi connectivity index (χ1) is 4.75. The minimum absolute atomic E-state index is 0. The van der Waals surface area contributed by atoms with Crippen LogP contribution >= 0.6 is 0 Å². The second-order valence-corrected chi connectivity index (χ2v) is 1.97. The van der Waals surface area contributed by atoms with Gasteiger partial charge >= 0.3 is 0 Å². The van der Waals surface area contributed by atoms with Gasteiger partial charge in [0.15, 0.2) is 0 Å². The molecule has 1 amide bonds. The second-order valence-electron chi connectivity index (χ2n) is 1.97. The summed E-state index contributed by atoms with van der Waals surface area (Å²) in [5.41, 5.74) is 1.18. The predicted octanol–water partition coefficient (Wildman–Crippen LogP) is -0.149. The average Bonchev–Trinajstić information content (AvgIpc) is 2.34. The van der Waals surface area contributed by atoms with Crippen LogP contribution in [0.15, 0.2) is 9.98 Å². The molecule has 0 saturated carbocycles. The van der Waals surface area contributed by atoms with E-state index in [0.717, 1.165) is 5.71 Å². The normalized spacial score (nSPS) is 16.2. The summed E-state index contributed by atoms with van der Waals surface area (Å²) < 4.78 is 0. The van der Waals surface area contributed by atoms with Crippen molar-refractivity contribution >= 4 is 17.3 Å². The standard InChI is InChI=1S/C6H9N3O.H2/c1-4-5(6(10)7-2)9-3-8-4;/h3H2,1-2H3,(H,7,10);1H. The van der Waals surface area contributed by atoms with Crippen LogP contribution in [0, 0.1) is 0 Å². The number of carbonyl (C=O) groups excluding carboxylic acids is 1. The zero-order chi connectivity index (χ0) is 7.56. The molecular formula is C6H11N3O. The molecule has 0 spiro atoms. The van der Waals surface area contributed by atoms with E-state index in [1.807, 2.05) is 0 Å². The highest BCUT2D eigenvalue weighted by Crippen LogP contribution is 1.94. The molecule has 0 aromatic heterocycles. The molecule has 0 aliphatic carbocycles. The topological polar surface area (TPSA) is 53.8 Å². The smallest absolute Gasteiger partial charge is 0.271 e. The molecule has 1 aliphatic heterocycles. The van der Waals surface area contributed by atoms with Gasteiger partial charge in [-0.15, -0.1) is 0 Å². The largest absolute Gasteiger partial charge is 0.354 e. The zero-order valence-corrected chi connectivity index (χ0v) is 6.01. The van der Waals surface area contributed by atoms with Crippen LogP contribution in [0.1, 0.15) is 8.35 Å². The van der Waals surface area contributed by atoms with Gasteiger partial charge in [0, 0.05) is 8.47 Å². The third-order valence-electron chi connectivity index (χ3n) is 1.32. The lowest BCUT2D eigenvalue weighted by molar-refractivity contribution is -0.114. The Labute approximate surface area is 60.5 Å². The van der Waals surface area contributed by atoms with E-state index in [1.54, 1.807) is 14.0 Å². The summed E-state index contributed by atoms with van der Waals surface area (Å²) in [6.07, 6.45) is 0. The maximum atomic E-state index is 10.9. The van der Waals surface area contributed by atoms with Crippen LogP contribution in [-0.2, 0) is 4.79 Å². The van der Waals surface area contributed by atoms with Crippen LogP contribution in [-0.4, -0.2) is 31.0 Å². The Morgan fingerprint density at radius 2 is 2.40 bits per heavy atom. The van der Waals surface area contributed by atoms with Crippen molar-refractivity contribution in [1.29, 1.82) is 0 Å². The lowest BCUT2D eigenvalue weighted by atomic mass is 10.2. The number of carbonyl (C=O) groups is 1. The summed E-state index contributed by atoms with van der Waals surface area (Å²) in [6.45, 7) is 2.18. The quantitative estimate of drug-likeness (QED) is 0.542. The van der Waals surface area contributed by atoms with Gasteiger partial charge in [0.25, 0.3) is 5.91 Å². The first kappa shape index (κ1) is 6.92. The van der Waals surface area contributed by atoms with Crippen molar-refractivity contribution in [1.82, 2.24) is 5.32 Å². The first-order valence-electron chi connectivity index (χ1n) is 3.03. The Morgan fingerprint density at radius 3 is 2.80 bits per heavy atom. The summed E-state index contributed by atoms with van der Waals surface area (Å²) >= 11 is 0. The molecule has 1 N–H and O–H groups in total. The van der Waals surface area contributed by atoms with Crippen LogP contribution < -0.4 is 5.32 Å². The van der Waals surface area contributed by atoms with Crippen molar-refractivity contribution in [3.05, 3.63) is 0 Å². The SMILES string of the molecule is CNC(=O)C1=NCN=C1C.[HH]. The van der Waals surface area contributed by atoms with Crippen molar-refractivity contribution in [2.45, 2.75) is 6.92 Å². The van der Waals surface area contributed by atoms with Crippen molar-refractivity contribution in [2.75, 3.05) is 13.7 Å². The molecule has 0 aromatic rings. The van der Waals surface area contributed by atoms with Gasteiger partial charge in [-0.3, -0.25) is 14.8 Å². The lowest BCUT2D eigenvalue weighted by Crippen LogP contribution is -2.30. The molecule has 0 saturated heterocycles. The Hall–Kier alpha value is -1.19. The van der Waals surface area contributed by atoms with Gasteiger partial charge in [0.1, 0.15) is 12.4 Å². The Balaban J connectivity index is 0.000001000. The molecule has 10 heavy (non-hydrogen) atoms. The highest BCUT2D eigenvalue weighted by atomic mass is 16.1. The van der Waals surface area contributed by atoms with Crippen molar-refractivity contribution < 1.29 is 6.22 Å². The van der Waals surface area contributed by atoms with Crippen LogP contribution in [0.4, 0.5) is 0 Å². The van der Waals surface area contributed by atoms with Crippen molar-refractivity contribution in [2.24, 2.45) is 9.98 Å². The zero-order valence-electron chi connectivity index (χ0n) is 6.01. The van der Waals surface area contributed by atoms with E-state index in [1.165, 1.54) is 0 Å². The Morgan fingerprint density at radius 1 is 1.70 bits per heavy atom. The lowest BCUT2D eigenvalue weighted by Gasteiger charge is -1.96. The molecule has 1 rings (SSSR count). The minimum Gasteiger partial charge on any atom is -0.354 e. The summed E-state index contributed by atoms with van der Waals surface area (Å²) in [5.74, 6) is -0.154. The van der Waals surface area contributed by atoms with Crippen LogP contribution in [0.2, 0.25) is 0 Å². The Bertz CT molecular complexity index is 222. The highest BCUT2D eigenvalue weighted by Gasteiger charge is 2.15. The molecule has 0 radical (unpaired) electrons. The number of amides is 1. The van der Waals surface area contributed by atoms with Gasteiger partial charge in [-0.2, -0.15) is 0 Å². The van der Waals surface area contributed by atoms with Crippen molar-refractivity contribution in [3.8, 4) is 0 Å². The molecule has 0 unspecified atom stereocenters. The van der Waals surface area contributed by atoms with Crippen molar-refractivity contribution in [3.63, 3.8) is 0 Å². The molecule has 1 heterocycles. The molecule has 1 aliphatic rings. The molecule has 0 aromatic carbocycles.